The molecule has 1 aliphatic rings. The smallest absolute Gasteiger partial charge is 0.335 e. The zero-order valence-corrected chi connectivity index (χ0v) is 14.4. The van der Waals surface area contributed by atoms with Crippen LogP contribution in [-0.2, 0) is 0 Å². The fourth-order valence-electron chi connectivity index (χ4n) is 2.79. The fraction of sp³-hybridized carbons (Fsp3) is 0.471. The van der Waals surface area contributed by atoms with Crippen LogP contribution in [0, 0.1) is 5.82 Å². The second-order valence-electron chi connectivity index (χ2n) is 5.73. The zero-order valence-electron chi connectivity index (χ0n) is 14.4. The molecular formula is C17H22FN3O4. The van der Waals surface area contributed by atoms with Crippen LogP contribution in [0.25, 0.3) is 0 Å². The number of amides is 3. The average Bonchev–Trinajstić information content (AvgIpc) is 2.62. The van der Waals surface area contributed by atoms with Gasteiger partial charge in [0.25, 0.3) is 5.91 Å². The summed E-state index contributed by atoms with van der Waals surface area (Å²) in [5.74, 6) is -2.60. The lowest BCUT2D eigenvalue weighted by atomic mass is 10.1. The van der Waals surface area contributed by atoms with Gasteiger partial charge in [0.2, 0.25) is 0 Å². The van der Waals surface area contributed by atoms with Crippen LogP contribution in [0.15, 0.2) is 18.2 Å². The molecular weight excluding hydrogens is 329 g/mol. The van der Waals surface area contributed by atoms with Gasteiger partial charge < -0.3 is 19.8 Å². The Bertz CT molecular complexity index is 668. The Morgan fingerprint density at radius 2 is 1.64 bits per heavy atom. The van der Waals surface area contributed by atoms with E-state index in [1.54, 1.807) is 9.80 Å². The topological polar surface area (TPSA) is 81.2 Å². The molecule has 8 heteroatoms. The highest BCUT2D eigenvalue weighted by atomic mass is 19.1. The summed E-state index contributed by atoms with van der Waals surface area (Å²) in [6.45, 7) is 6.45. The van der Waals surface area contributed by atoms with Gasteiger partial charge in [-0.05, 0) is 32.0 Å². The number of carbonyl (C=O) groups is 3. The lowest BCUT2D eigenvalue weighted by Gasteiger charge is -2.37. The Balaban J connectivity index is 2.02. The van der Waals surface area contributed by atoms with Gasteiger partial charge in [0.05, 0.1) is 11.1 Å². The Hall–Kier alpha value is -2.64. The summed E-state index contributed by atoms with van der Waals surface area (Å²) in [4.78, 5) is 40.4. The standard InChI is InChI=1S/C17H22FN3O4/c1-3-19(4-2)17(25)21-9-7-20(8-10-21)15(22)13-6-5-12(16(23)24)11-14(13)18/h5-6,11H,3-4,7-10H2,1-2H3,(H,23,24). The van der Waals surface area contributed by atoms with Gasteiger partial charge >= 0.3 is 12.0 Å². The Kier molecular flexibility index (Phi) is 5.95. The third-order valence-electron chi connectivity index (χ3n) is 4.32. The number of halogens is 1. The van der Waals surface area contributed by atoms with Crippen molar-refractivity contribution in [2.24, 2.45) is 0 Å². The summed E-state index contributed by atoms with van der Waals surface area (Å²) in [5.41, 5.74) is -0.364. The van der Waals surface area contributed by atoms with Gasteiger partial charge in [0.15, 0.2) is 0 Å². The summed E-state index contributed by atoms with van der Waals surface area (Å²) < 4.78 is 14.0. The number of nitrogens with zero attached hydrogens (tertiary/aromatic N) is 3. The van der Waals surface area contributed by atoms with Gasteiger partial charge in [-0.15, -0.1) is 0 Å². The first-order chi connectivity index (χ1) is 11.9. The third kappa shape index (κ3) is 4.07. The van der Waals surface area contributed by atoms with E-state index in [9.17, 15) is 18.8 Å². The zero-order chi connectivity index (χ0) is 18.6. The molecule has 1 aromatic rings. The number of piperazine rings is 1. The van der Waals surface area contributed by atoms with Gasteiger partial charge in [-0.1, -0.05) is 0 Å². The van der Waals surface area contributed by atoms with Crippen molar-refractivity contribution >= 4 is 17.9 Å². The molecule has 0 unspecified atom stereocenters. The minimum atomic E-state index is -1.25. The van der Waals surface area contributed by atoms with Crippen molar-refractivity contribution < 1.29 is 23.9 Å². The number of hydrogen-bond acceptors (Lipinski definition) is 3. The third-order valence-corrected chi connectivity index (χ3v) is 4.32. The second-order valence-corrected chi connectivity index (χ2v) is 5.73. The normalized spacial score (nSPS) is 14.4. The molecule has 3 amide bonds. The SMILES string of the molecule is CCN(CC)C(=O)N1CCN(C(=O)c2ccc(C(=O)O)cc2F)CC1. The highest BCUT2D eigenvalue weighted by Gasteiger charge is 2.28. The molecule has 136 valence electrons. The molecule has 1 aromatic carbocycles. The Labute approximate surface area is 145 Å². The average molecular weight is 351 g/mol. The molecule has 0 bridgehead atoms. The lowest BCUT2D eigenvalue weighted by Crippen LogP contribution is -2.54. The Morgan fingerprint density at radius 1 is 1.08 bits per heavy atom. The predicted molar refractivity (Wildman–Crippen MR) is 89.2 cm³/mol. The highest BCUT2D eigenvalue weighted by Crippen LogP contribution is 2.15. The van der Waals surface area contributed by atoms with E-state index in [0.29, 0.717) is 39.3 Å². The molecule has 2 rings (SSSR count). The number of aromatic carboxylic acids is 1. The molecule has 1 saturated heterocycles. The van der Waals surface area contributed by atoms with Crippen LogP contribution in [0.5, 0.6) is 0 Å². The van der Waals surface area contributed by atoms with E-state index in [-0.39, 0.29) is 17.2 Å². The molecule has 1 aliphatic heterocycles. The Morgan fingerprint density at radius 3 is 2.12 bits per heavy atom. The van der Waals surface area contributed by atoms with Crippen LogP contribution in [0.2, 0.25) is 0 Å². The molecule has 0 aromatic heterocycles. The molecule has 0 spiro atoms. The number of rotatable bonds is 4. The van der Waals surface area contributed by atoms with Crippen molar-refractivity contribution in [1.29, 1.82) is 0 Å². The molecule has 0 radical (unpaired) electrons. The van der Waals surface area contributed by atoms with Gasteiger partial charge in [-0.3, -0.25) is 4.79 Å². The van der Waals surface area contributed by atoms with E-state index in [4.69, 9.17) is 5.11 Å². The van der Waals surface area contributed by atoms with E-state index in [1.165, 1.54) is 17.0 Å². The van der Waals surface area contributed by atoms with Gasteiger partial charge in [0.1, 0.15) is 5.82 Å². The first-order valence-electron chi connectivity index (χ1n) is 8.25. The fourth-order valence-corrected chi connectivity index (χ4v) is 2.79. The number of benzene rings is 1. The predicted octanol–water partition coefficient (Wildman–Crippen LogP) is 1.74. The molecule has 0 saturated carbocycles. The van der Waals surface area contributed by atoms with Gasteiger partial charge in [-0.2, -0.15) is 0 Å². The largest absolute Gasteiger partial charge is 0.478 e. The van der Waals surface area contributed by atoms with Crippen LogP contribution >= 0.6 is 0 Å². The molecule has 0 atom stereocenters. The van der Waals surface area contributed by atoms with Crippen molar-refractivity contribution in [2.75, 3.05) is 39.3 Å². The quantitative estimate of drug-likeness (QED) is 0.896. The van der Waals surface area contributed by atoms with Gasteiger partial charge in [0, 0.05) is 39.3 Å². The summed E-state index contributed by atoms with van der Waals surface area (Å²) in [6.07, 6.45) is 0. The van der Waals surface area contributed by atoms with E-state index in [2.05, 4.69) is 0 Å². The van der Waals surface area contributed by atoms with Gasteiger partial charge in [-0.25, -0.2) is 14.0 Å². The molecule has 1 heterocycles. The maximum atomic E-state index is 14.0. The summed E-state index contributed by atoms with van der Waals surface area (Å²) >= 11 is 0. The first-order valence-corrected chi connectivity index (χ1v) is 8.25. The van der Waals surface area contributed by atoms with E-state index < -0.39 is 17.7 Å². The number of carboxylic acid groups (broad SMARTS) is 1. The van der Waals surface area contributed by atoms with Crippen molar-refractivity contribution in [1.82, 2.24) is 14.7 Å². The number of carbonyl (C=O) groups excluding carboxylic acids is 2. The molecule has 1 fully saturated rings. The number of urea groups is 1. The number of hydrogen-bond donors (Lipinski definition) is 1. The summed E-state index contributed by atoms with van der Waals surface area (Å²) in [6, 6.07) is 3.18. The minimum Gasteiger partial charge on any atom is -0.478 e. The first kappa shape index (κ1) is 18.7. The second kappa shape index (κ2) is 7.96. The van der Waals surface area contributed by atoms with Crippen molar-refractivity contribution in [3.8, 4) is 0 Å². The van der Waals surface area contributed by atoms with Crippen molar-refractivity contribution in [3.05, 3.63) is 35.1 Å². The molecule has 0 aliphatic carbocycles. The summed E-state index contributed by atoms with van der Waals surface area (Å²) in [7, 11) is 0. The highest BCUT2D eigenvalue weighted by molar-refractivity contribution is 5.96. The molecule has 7 nitrogen and oxygen atoms in total. The van der Waals surface area contributed by atoms with Crippen LogP contribution in [0.4, 0.5) is 9.18 Å². The van der Waals surface area contributed by atoms with Crippen molar-refractivity contribution in [3.63, 3.8) is 0 Å². The maximum absolute atomic E-state index is 14.0. The van der Waals surface area contributed by atoms with Crippen LogP contribution in [0.3, 0.4) is 0 Å². The minimum absolute atomic E-state index is 0.0610. The van der Waals surface area contributed by atoms with Crippen LogP contribution in [0.1, 0.15) is 34.6 Å². The number of carboxylic acids is 1. The monoisotopic (exact) mass is 351 g/mol. The maximum Gasteiger partial charge on any atom is 0.335 e. The lowest BCUT2D eigenvalue weighted by molar-refractivity contribution is 0.0634. The molecule has 1 N–H and O–H groups in total. The summed E-state index contributed by atoms with van der Waals surface area (Å²) in [5, 5.41) is 8.85. The van der Waals surface area contributed by atoms with E-state index in [1.807, 2.05) is 13.8 Å². The van der Waals surface area contributed by atoms with Crippen molar-refractivity contribution in [2.45, 2.75) is 13.8 Å². The van der Waals surface area contributed by atoms with E-state index in [0.717, 1.165) is 6.07 Å². The van der Waals surface area contributed by atoms with E-state index >= 15 is 0 Å². The van der Waals surface area contributed by atoms with Crippen LogP contribution in [-0.4, -0.2) is 77.0 Å². The van der Waals surface area contributed by atoms with Crippen LogP contribution < -0.4 is 0 Å². The molecule has 25 heavy (non-hydrogen) atoms.